The average Bonchev–Trinajstić information content (AvgIpc) is 3.27. The molecule has 1 aliphatic heterocycles. The number of rotatable bonds is 4. The van der Waals surface area contributed by atoms with Crippen LogP contribution in [0.1, 0.15) is 24.4 Å². The van der Waals surface area contributed by atoms with E-state index in [1.54, 1.807) is 17.9 Å². The number of hydrogen-bond donors (Lipinski definition) is 0. The molecule has 7 nitrogen and oxygen atoms in total. The van der Waals surface area contributed by atoms with E-state index in [0.29, 0.717) is 22.3 Å². The Kier molecular flexibility index (Phi) is 3.87. The smallest absolute Gasteiger partial charge is 0.256 e. The minimum Gasteiger partial charge on any atom is -0.479 e. The van der Waals surface area contributed by atoms with E-state index in [9.17, 15) is 4.79 Å². The van der Waals surface area contributed by atoms with Crippen molar-refractivity contribution < 1.29 is 21.1 Å². The lowest BCUT2D eigenvalue weighted by molar-refractivity contribution is 0.0763. The van der Waals surface area contributed by atoms with Crippen molar-refractivity contribution >= 4 is 16.8 Å². The van der Waals surface area contributed by atoms with Crippen molar-refractivity contribution in [3.63, 3.8) is 0 Å². The number of benzene rings is 1. The molecular formula is C22H17F2N5O2. The molecule has 0 N–H and O–H groups in total. The van der Waals surface area contributed by atoms with E-state index in [2.05, 4.69) is 15.1 Å². The Balaban J connectivity index is 1.55. The van der Waals surface area contributed by atoms with Crippen LogP contribution in [0.15, 0.2) is 42.9 Å². The standard InChI is InChI=1S/C22H17F2N5O2/c1-28-20-15(9-27-28)14(8-26-21(20)31-2)12-6-17(23)16(18(24)7-12)10-29-11-19-13(22(29)30)4-3-5-25-19/h3-9H,10-11H2,1-2H3/i11D2. The first-order chi connectivity index (χ1) is 15.7. The highest BCUT2D eigenvalue weighted by atomic mass is 19.1. The van der Waals surface area contributed by atoms with E-state index in [1.807, 2.05) is 0 Å². The highest BCUT2D eigenvalue weighted by Crippen LogP contribution is 2.34. The Labute approximate surface area is 178 Å². The van der Waals surface area contributed by atoms with Gasteiger partial charge in [0.1, 0.15) is 17.2 Å². The van der Waals surface area contributed by atoms with Crippen LogP contribution >= 0.6 is 0 Å². The topological polar surface area (TPSA) is 73.1 Å². The van der Waals surface area contributed by atoms with Crippen LogP contribution in [0.3, 0.4) is 0 Å². The highest BCUT2D eigenvalue weighted by molar-refractivity contribution is 5.98. The second kappa shape index (κ2) is 7.12. The molecule has 0 saturated carbocycles. The minimum absolute atomic E-state index is 0.0724. The fourth-order valence-electron chi connectivity index (χ4n) is 3.69. The monoisotopic (exact) mass is 423 g/mol. The van der Waals surface area contributed by atoms with E-state index in [1.165, 1.54) is 31.6 Å². The van der Waals surface area contributed by atoms with Crippen molar-refractivity contribution in [2.75, 3.05) is 7.11 Å². The summed E-state index contributed by atoms with van der Waals surface area (Å²) in [6.07, 6.45) is 4.37. The van der Waals surface area contributed by atoms with Gasteiger partial charge >= 0.3 is 0 Å². The summed E-state index contributed by atoms with van der Waals surface area (Å²) in [6, 6.07) is 5.22. The lowest BCUT2D eigenvalue weighted by Crippen LogP contribution is -2.24. The Morgan fingerprint density at radius 3 is 2.68 bits per heavy atom. The van der Waals surface area contributed by atoms with Crippen molar-refractivity contribution in [1.29, 1.82) is 0 Å². The summed E-state index contributed by atoms with van der Waals surface area (Å²) in [4.78, 5) is 21.6. The molecule has 5 rings (SSSR count). The van der Waals surface area contributed by atoms with Crippen LogP contribution in [0.4, 0.5) is 8.78 Å². The fourth-order valence-corrected chi connectivity index (χ4v) is 3.69. The van der Waals surface area contributed by atoms with Crippen molar-refractivity contribution in [3.8, 4) is 17.0 Å². The Hall–Kier alpha value is -3.88. The summed E-state index contributed by atoms with van der Waals surface area (Å²) < 4.78 is 53.6. The van der Waals surface area contributed by atoms with Crippen LogP contribution in [0.5, 0.6) is 5.88 Å². The van der Waals surface area contributed by atoms with Gasteiger partial charge in [-0.2, -0.15) is 5.10 Å². The normalized spacial score (nSPS) is 15.7. The molecule has 0 bridgehead atoms. The molecule has 1 amide bonds. The first-order valence-electron chi connectivity index (χ1n) is 10.3. The van der Waals surface area contributed by atoms with Crippen LogP contribution < -0.4 is 4.74 Å². The first-order valence-corrected chi connectivity index (χ1v) is 9.34. The number of carbonyl (C=O) groups excluding carboxylic acids is 1. The van der Waals surface area contributed by atoms with E-state index >= 15 is 8.78 Å². The predicted octanol–water partition coefficient (Wildman–Crippen LogP) is 3.47. The van der Waals surface area contributed by atoms with E-state index < -0.39 is 36.1 Å². The van der Waals surface area contributed by atoms with Gasteiger partial charge in [0, 0.05) is 36.0 Å². The number of halogens is 2. The fraction of sp³-hybridized carbons (Fsp3) is 0.182. The largest absolute Gasteiger partial charge is 0.479 e. The van der Waals surface area contributed by atoms with Gasteiger partial charge in [-0.15, -0.1) is 0 Å². The third-order valence-electron chi connectivity index (χ3n) is 5.23. The van der Waals surface area contributed by atoms with Gasteiger partial charge in [-0.1, -0.05) is 0 Å². The molecule has 4 aromatic rings. The molecule has 0 unspecified atom stereocenters. The van der Waals surface area contributed by atoms with Crippen LogP contribution in [0.2, 0.25) is 0 Å². The lowest BCUT2D eigenvalue weighted by Gasteiger charge is -2.17. The van der Waals surface area contributed by atoms with Gasteiger partial charge in [0.2, 0.25) is 5.88 Å². The summed E-state index contributed by atoms with van der Waals surface area (Å²) in [6.45, 7) is -2.89. The van der Waals surface area contributed by atoms with Gasteiger partial charge < -0.3 is 9.64 Å². The van der Waals surface area contributed by atoms with Gasteiger partial charge in [0.05, 0.1) is 40.3 Å². The highest BCUT2D eigenvalue weighted by Gasteiger charge is 2.29. The summed E-state index contributed by atoms with van der Waals surface area (Å²) in [5.74, 6) is -2.17. The predicted molar refractivity (Wildman–Crippen MR) is 108 cm³/mol. The summed E-state index contributed by atoms with van der Waals surface area (Å²) in [5, 5.41) is 4.78. The quantitative estimate of drug-likeness (QED) is 0.503. The summed E-state index contributed by atoms with van der Waals surface area (Å²) in [7, 11) is 3.17. The second-order valence-electron chi connectivity index (χ2n) is 7.03. The Morgan fingerprint density at radius 2 is 1.97 bits per heavy atom. The van der Waals surface area contributed by atoms with Crippen molar-refractivity contribution in [3.05, 3.63) is 71.3 Å². The number of hydrogen-bond acceptors (Lipinski definition) is 5. The maximum absolute atomic E-state index is 15.1. The van der Waals surface area contributed by atoms with Crippen LogP contribution in [-0.4, -0.2) is 37.7 Å². The lowest BCUT2D eigenvalue weighted by atomic mass is 10.0. The Bertz CT molecular complexity index is 1420. The third-order valence-corrected chi connectivity index (χ3v) is 5.23. The number of ether oxygens (including phenoxy) is 1. The molecule has 0 radical (unpaired) electrons. The summed E-state index contributed by atoms with van der Waals surface area (Å²) in [5.41, 5.74) is 0.822. The van der Waals surface area contributed by atoms with E-state index in [4.69, 9.17) is 7.48 Å². The molecule has 1 aliphatic rings. The van der Waals surface area contributed by atoms with Gasteiger partial charge in [-0.05, 0) is 29.8 Å². The molecule has 4 heterocycles. The molecule has 0 aliphatic carbocycles. The van der Waals surface area contributed by atoms with Crippen molar-refractivity contribution in [1.82, 2.24) is 24.6 Å². The van der Waals surface area contributed by atoms with Gasteiger partial charge in [-0.25, -0.2) is 13.8 Å². The maximum atomic E-state index is 15.1. The van der Waals surface area contributed by atoms with Gasteiger partial charge in [0.25, 0.3) is 5.91 Å². The zero-order valence-electron chi connectivity index (χ0n) is 18.6. The molecule has 0 spiro atoms. The van der Waals surface area contributed by atoms with Crippen molar-refractivity contribution in [2.24, 2.45) is 7.05 Å². The van der Waals surface area contributed by atoms with Gasteiger partial charge in [-0.3, -0.25) is 14.5 Å². The number of fused-ring (bicyclic) bond motifs is 2. The van der Waals surface area contributed by atoms with Crippen LogP contribution in [0, 0.1) is 11.6 Å². The van der Waals surface area contributed by atoms with Crippen molar-refractivity contribution in [2.45, 2.75) is 13.0 Å². The molecule has 0 fully saturated rings. The molecule has 1 aromatic carbocycles. The van der Waals surface area contributed by atoms with Crippen LogP contribution in [0.25, 0.3) is 22.0 Å². The molecule has 31 heavy (non-hydrogen) atoms. The Morgan fingerprint density at radius 1 is 1.19 bits per heavy atom. The first kappa shape index (κ1) is 16.9. The zero-order chi connectivity index (χ0) is 23.5. The number of aromatic nitrogens is 4. The maximum Gasteiger partial charge on any atom is 0.256 e. The average molecular weight is 423 g/mol. The second-order valence-corrected chi connectivity index (χ2v) is 7.03. The van der Waals surface area contributed by atoms with E-state index in [-0.39, 0.29) is 16.8 Å². The molecule has 156 valence electrons. The number of pyridine rings is 2. The minimum atomic E-state index is -2.30. The number of methoxy groups -OCH3 is 1. The number of amides is 1. The zero-order valence-corrected chi connectivity index (χ0v) is 16.6. The number of aryl methyl sites for hydroxylation is 1. The number of nitrogens with zero attached hydrogens (tertiary/aromatic N) is 5. The number of carbonyl (C=O) groups is 1. The molecule has 9 heteroatoms. The van der Waals surface area contributed by atoms with Gasteiger partial charge in [0.15, 0.2) is 0 Å². The van der Waals surface area contributed by atoms with E-state index in [0.717, 1.165) is 17.0 Å². The molecule has 0 atom stereocenters. The molecule has 0 saturated heterocycles. The SMILES string of the molecule is [2H]C1([2H])c2ncccc2C(=O)N1Cc1c(F)cc(-c2cnc(OC)c3c2cnn3C)cc1F. The summed E-state index contributed by atoms with van der Waals surface area (Å²) >= 11 is 0. The van der Waals surface area contributed by atoms with Crippen LogP contribution in [-0.2, 0) is 20.1 Å². The molecular weight excluding hydrogens is 404 g/mol. The third kappa shape index (κ3) is 3.00. The molecule has 3 aromatic heterocycles.